The molecule has 0 amide bonds. The van der Waals surface area contributed by atoms with Crippen LogP contribution in [0.5, 0.6) is 5.75 Å². The predicted molar refractivity (Wildman–Crippen MR) is 67.7 cm³/mol. The number of nitrogens with zero attached hydrogens (tertiary/aromatic N) is 2. The molecule has 2 aromatic rings. The number of anilines is 3. The van der Waals surface area contributed by atoms with Crippen molar-refractivity contribution < 1.29 is 22.3 Å². The summed E-state index contributed by atoms with van der Waals surface area (Å²) in [5, 5.41) is 4.84. The van der Waals surface area contributed by atoms with Crippen LogP contribution in [0.15, 0.2) is 12.4 Å². The van der Waals surface area contributed by atoms with Gasteiger partial charge in [-0.1, -0.05) is 0 Å². The van der Waals surface area contributed by atoms with Crippen LogP contribution in [0.3, 0.4) is 0 Å². The number of hydrogen-bond donors (Lipinski definition) is 2. The molecule has 1 heterocycles. The Morgan fingerprint density at radius 2 is 1.57 bits per heavy atom. The van der Waals surface area contributed by atoms with E-state index in [0.717, 1.165) is 6.33 Å². The van der Waals surface area contributed by atoms with Crippen molar-refractivity contribution in [2.75, 3.05) is 24.8 Å². The van der Waals surface area contributed by atoms with Crippen LogP contribution in [0.1, 0.15) is 0 Å². The van der Waals surface area contributed by atoms with Crippen molar-refractivity contribution >= 4 is 17.3 Å². The number of hydrogen-bond acceptors (Lipinski definition) is 5. The molecule has 0 aliphatic rings. The molecule has 0 atom stereocenters. The molecule has 21 heavy (non-hydrogen) atoms. The number of aromatic nitrogens is 2. The summed E-state index contributed by atoms with van der Waals surface area (Å²) in [6, 6.07) is 0.117. The molecule has 0 bridgehead atoms. The van der Waals surface area contributed by atoms with Gasteiger partial charge >= 0.3 is 0 Å². The van der Waals surface area contributed by atoms with E-state index < -0.39 is 29.0 Å². The standard InChI is InChI=1S/C12H10F4N4O/c1-17-11-10(21-2)12(19-4-18-11)20-9-7(15)5(13)3-6(14)8(9)16/h3-4H,1-2H3,(H2,17,18,19,20). The van der Waals surface area contributed by atoms with Crippen LogP contribution in [-0.4, -0.2) is 24.1 Å². The van der Waals surface area contributed by atoms with Crippen molar-refractivity contribution in [1.82, 2.24) is 9.97 Å². The van der Waals surface area contributed by atoms with Gasteiger partial charge in [0.05, 0.1) is 7.11 Å². The van der Waals surface area contributed by atoms with E-state index in [-0.39, 0.29) is 23.5 Å². The van der Waals surface area contributed by atoms with Crippen LogP contribution < -0.4 is 15.4 Å². The highest BCUT2D eigenvalue weighted by Gasteiger charge is 2.21. The molecule has 112 valence electrons. The fourth-order valence-corrected chi connectivity index (χ4v) is 1.64. The van der Waals surface area contributed by atoms with E-state index in [0.29, 0.717) is 0 Å². The van der Waals surface area contributed by atoms with E-state index in [4.69, 9.17) is 4.74 Å². The van der Waals surface area contributed by atoms with Gasteiger partial charge < -0.3 is 15.4 Å². The summed E-state index contributed by atoms with van der Waals surface area (Å²) >= 11 is 0. The summed E-state index contributed by atoms with van der Waals surface area (Å²) in [5.41, 5.74) is -1.01. The largest absolute Gasteiger partial charge is 0.490 e. The van der Waals surface area contributed by atoms with Crippen LogP contribution in [0.4, 0.5) is 34.9 Å². The maximum absolute atomic E-state index is 13.6. The molecular formula is C12H10F4N4O. The Hall–Kier alpha value is -2.58. The first-order valence-corrected chi connectivity index (χ1v) is 5.66. The Morgan fingerprint density at radius 1 is 1.00 bits per heavy atom. The molecule has 9 heteroatoms. The second-order valence-electron chi connectivity index (χ2n) is 3.82. The fourth-order valence-electron chi connectivity index (χ4n) is 1.64. The van der Waals surface area contributed by atoms with Crippen molar-refractivity contribution in [2.24, 2.45) is 0 Å². The Kier molecular flexibility index (Phi) is 4.10. The van der Waals surface area contributed by atoms with E-state index in [9.17, 15) is 17.6 Å². The summed E-state index contributed by atoms with van der Waals surface area (Å²) < 4.78 is 58.5. The lowest BCUT2D eigenvalue weighted by molar-refractivity contribution is 0.415. The Balaban J connectivity index is 2.53. The van der Waals surface area contributed by atoms with Gasteiger partial charge in [0.1, 0.15) is 12.0 Å². The first-order chi connectivity index (χ1) is 9.99. The van der Waals surface area contributed by atoms with Crippen LogP contribution in [-0.2, 0) is 0 Å². The van der Waals surface area contributed by atoms with Gasteiger partial charge in [-0.25, -0.2) is 27.5 Å². The highest BCUT2D eigenvalue weighted by Crippen LogP contribution is 2.33. The molecule has 1 aromatic heterocycles. The average Bonchev–Trinajstić information content (AvgIpc) is 2.49. The smallest absolute Gasteiger partial charge is 0.204 e. The maximum Gasteiger partial charge on any atom is 0.204 e. The molecule has 0 aliphatic heterocycles. The zero-order valence-electron chi connectivity index (χ0n) is 11.0. The second-order valence-corrected chi connectivity index (χ2v) is 3.82. The van der Waals surface area contributed by atoms with Crippen molar-refractivity contribution in [3.63, 3.8) is 0 Å². The number of methoxy groups -OCH3 is 1. The highest BCUT2D eigenvalue weighted by atomic mass is 19.2. The van der Waals surface area contributed by atoms with Gasteiger partial charge in [-0.05, 0) is 0 Å². The molecule has 2 N–H and O–H groups in total. The summed E-state index contributed by atoms with van der Waals surface area (Å²) in [6.45, 7) is 0. The van der Waals surface area contributed by atoms with Crippen molar-refractivity contribution in [3.8, 4) is 5.75 Å². The van der Waals surface area contributed by atoms with E-state index in [1.165, 1.54) is 14.2 Å². The normalized spacial score (nSPS) is 10.4. The molecule has 0 spiro atoms. The third kappa shape index (κ3) is 2.67. The molecule has 0 aliphatic carbocycles. The molecule has 2 rings (SSSR count). The molecule has 0 radical (unpaired) electrons. The van der Waals surface area contributed by atoms with E-state index >= 15 is 0 Å². The summed E-state index contributed by atoms with van der Waals surface area (Å²) in [4.78, 5) is 7.56. The Morgan fingerprint density at radius 3 is 2.10 bits per heavy atom. The van der Waals surface area contributed by atoms with Crippen LogP contribution in [0.25, 0.3) is 0 Å². The first-order valence-electron chi connectivity index (χ1n) is 5.66. The second kappa shape index (κ2) is 5.81. The van der Waals surface area contributed by atoms with Crippen molar-refractivity contribution in [2.45, 2.75) is 0 Å². The minimum Gasteiger partial charge on any atom is -0.490 e. The third-order valence-electron chi connectivity index (χ3n) is 2.60. The lowest BCUT2D eigenvalue weighted by Crippen LogP contribution is -2.07. The molecule has 0 saturated carbocycles. The van der Waals surface area contributed by atoms with Crippen molar-refractivity contribution in [3.05, 3.63) is 35.7 Å². The number of halogens is 4. The van der Waals surface area contributed by atoms with Gasteiger partial charge in [0.25, 0.3) is 0 Å². The molecule has 5 nitrogen and oxygen atoms in total. The van der Waals surface area contributed by atoms with Gasteiger partial charge in [0, 0.05) is 13.1 Å². The maximum atomic E-state index is 13.6. The highest BCUT2D eigenvalue weighted by molar-refractivity contribution is 5.69. The van der Waals surface area contributed by atoms with Crippen LogP contribution in [0, 0.1) is 23.3 Å². The van der Waals surface area contributed by atoms with Gasteiger partial charge in [0.15, 0.2) is 34.9 Å². The minimum absolute atomic E-state index is 0.0310. The van der Waals surface area contributed by atoms with E-state index in [1.807, 2.05) is 0 Å². The third-order valence-corrected chi connectivity index (χ3v) is 2.60. The summed E-state index contributed by atoms with van der Waals surface area (Å²) in [6.07, 6.45) is 1.09. The lowest BCUT2D eigenvalue weighted by atomic mass is 10.2. The van der Waals surface area contributed by atoms with Gasteiger partial charge in [-0.15, -0.1) is 0 Å². The number of nitrogens with one attached hydrogen (secondary N) is 2. The predicted octanol–water partition coefficient (Wildman–Crippen LogP) is 2.83. The van der Waals surface area contributed by atoms with Crippen molar-refractivity contribution in [1.29, 1.82) is 0 Å². The van der Waals surface area contributed by atoms with E-state index in [1.54, 1.807) is 0 Å². The van der Waals surface area contributed by atoms with Gasteiger partial charge in [0.2, 0.25) is 5.75 Å². The number of benzene rings is 1. The van der Waals surface area contributed by atoms with Crippen LogP contribution >= 0.6 is 0 Å². The zero-order chi connectivity index (χ0) is 15.6. The SMILES string of the molecule is CNc1ncnc(Nc2c(F)c(F)cc(F)c2F)c1OC. The van der Waals surface area contributed by atoms with Gasteiger partial charge in [-0.2, -0.15) is 0 Å². The van der Waals surface area contributed by atoms with Gasteiger partial charge in [-0.3, -0.25) is 0 Å². The topological polar surface area (TPSA) is 59.1 Å². The molecule has 0 unspecified atom stereocenters. The number of rotatable bonds is 4. The average molecular weight is 302 g/mol. The molecule has 1 aromatic carbocycles. The zero-order valence-corrected chi connectivity index (χ0v) is 11.0. The molecule has 0 fully saturated rings. The van der Waals surface area contributed by atoms with Crippen LogP contribution in [0.2, 0.25) is 0 Å². The van der Waals surface area contributed by atoms with E-state index in [2.05, 4.69) is 20.6 Å². The quantitative estimate of drug-likeness (QED) is 0.672. The Labute approximate surface area is 117 Å². The number of ether oxygens (including phenoxy) is 1. The molecule has 0 saturated heterocycles. The molecular weight excluding hydrogens is 292 g/mol. The fraction of sp³-hybridized carbons (Fsp3) is 0.167. The first kappa shape index (κ1) is 14.8. The Bertz CT molecular complexity index is 655. The lowest BCUT2D eigenvalue weighted by Gasteiger charge is -2.14. The summed E-state index contributed by atoms with van der Waals surface area (Å²) in [7, 11) is 2.82. The minimum atomic E-state index is -1.57. The monoisotopic (exact) mass is 302 g/mol. The summed E-state index contributed by atoms with van der Waals surface area (Å²) in [5.74, 6) is -6.09.